The summed E-state index contributed by atoms with van der Waals surface area (Å²) in [5.74, 6) is -0.873. The van der Waals surface area contributed by atoms with Crippen molar-refractivity contribution in [2.24, 2.45) is 0 Å². The maximum absolute atomic E-state index is 12.9. The van der Waals surface area contributed by atoms with E-state index in [1.54, 1.807) is 0 Å². The van der Waals surface area contributed by atoms with Crippen LogP contribution in [0.1, 0.15) is 323 Å². The maximum Gasteiger partial charge on any atom is 0.306 e. The standard InChI is InChI=1S/C62H114O6/c1-4-7-10-13-16-19-22-25-28-30-32-34-37-40-43-46-49-52-55-61(64)67-58-59(57-66-60(63)54-51-48-45-42-39-36-33-27-24-21-18-15-12-9-6-3)68-62(65)56-53-50-47-44-41-38-35-31-29-26-23-20-17-14-11-8-5-2/h18,21,27-28,30,33,59H,4-17,19-20,22-26,29,31-32,34-58H2,1-3H3/b21-18-,30-28-,33-27-. The van der Waals surface area contributed by atoms with Gasteiger partial charge in [-0.25, -0.2) is 0 Å². The molecule has 398 valence electrons. The molecule has 1 unspecified atom stereocenters. The first-order chi connectivity index (χ1) is 33.5. The Morgan fingerprint density at radius 3 is 0.853 bits per heavy atom. The molecule has 0 fully saturated rings. The summed E-state index contributed by atoms with van der Waals surface area (Å²) in [6.45, 7) is 6.64. The molecule has 0 saturated heterocycles. The largest absolute Gasteiger partial charge is 0.462 e. The summed E-state index contributed by atoms with van der Waals surface area (Å²) in [6, 6.07) is 0. The number of ether oxygens (including phenoxy) is 3. The lowest BCUT2D eigenvalue weighted by atomic mass is 10.0. The highest BCUT2D eigenvalue weighted by Crippen LogP contribution is 2.17. The highest BCUT2D eigenvalue weighted by atomic mass is 16.6. The van der Waals surface area contributed by atoms with Crippen LogP contribution in [0.15, 0.2) is 36.5 Å². The van der Waals surface area contributed by atoms with Gasteiger partial charge in [0.15, 0.2) is 6.10 Å². The molecule has 0 aliphatic carbocycles. The minimum absolute atomic E-state index is 0.0753. The molecule has 0 saturated carbocycles. The van der Waals surface area contributed by atoms with E-state index in [0.29, 0.717) is 19.3 Å². The van der Waals surface area contributed by atoms with Crippen molar-refractivity contribution in [2.75, 3.05) is 13.2 Å². The van der Waals surface area contributed by atoms with Gasteiger partial charge in [-0.3, -0.25) is 14.4 Å². The molecule has 0 aromatic heterocycles. The Morgan fingerprint density at radius 1 is 0.294 bits per heavy atom. The summed E-state index contributed by atoms with van der Waals surface area (Å²) in [5, 5.41) is 0. The zero-order chi connectivity index (χ0) is 49.3. The molecule has 6 heteroatoms. The summed E-state index contributed by atoms with van der Waals surface area (Å²) < 4.78 is 16.9. The fourth-order valence-electron chi connectivity index (χ4n) is 8.82. The van der Waals surface area contributed by atoms with Gasteiger partial charge in [0, 0.05) is 19.3 Å². The number of allylic oxidation sites excluding steroid dienone is 6. The van der Waals surface area contributed by atoms with E-state index < -0.39 is 6.10 Å². The summed E-state index contributed by atoms with van der Waals surface area (Å²) in [7, 11) is 0. The van der Waals surface area contributed by atoms with Gasteiger partial charge in [0.1, 0.15) is 13.2 Å². The van der Waals surface area contributed by atoms with Gasteiger partial charge in [-0.2, -0.15) is 0 Å². The fraction of sp³-hybridized carbons (Fsp3) is 0.855. The second-order valence-corrected chi connectivity index (χ2v) is 20.3. The van der Waals surface area contributed by atoms with E-state index in [2.05, 4.69) is 57.2 Å². The smallest absolute Gasteiger partial charge is 0.306 e. The molecule has 0 aliphatic heterocycles. The number of carbonyl (C=O) groups is 3. The van der Waals surface area contributed by atoms with E-state index in [0.717, 1.165) is 77.0 Å². The molecule has 0 N–H and O–H groups in total. The zero-order valence-corrected chi connectivity index (χ0v) is 45.6. The monoisotopic (exact) mass is 955 g/mol. The van der Waals surface area contributed by atoms with Gasteiger partial charge in [-0.05, 0) is 77.0 Å². The van der Waals surface area contributed by atoms with Gasteiger partial charge in [-0.1, -0.05) is 263 Å². The third kappa shape index (κ3) is 54.6. The van der Waals surface area contributed by atoms with Crippen molar-refractivity contribution >= 4 is 17.9 Å². The third-order valence-corrected chi connectivity index (χ3v) is 13.4. The van der Waals surface area contributed by atoms with E-state index in [4.69, 9.17) is 14.2 Å². The maximum atomic E-state index is 12.9. The molecule has 0 aromatic rings. The van der Waals surface area contributed by atoms with Crippen molar-refractivity contribution in [2.45, 2.75) is 329 Å². The number of hydrogen-bond donors (Lipinski definition) is 0. The molecular formula is C62H114O6. The Labute approximate surface area is 423 Å². The highest BCUT2D eigenvalue weighted by molar-refractivity contribution is 5.71. The number of esters is 3. The molecule has 6 nitrogen and oxygen atoms in total. The van der Waals surface area contributed by atoms with Gasteiger partial charge in [0.2, 0.25) is 0 Å². The molecule has 68 heavy (non-hydrogen) atoms. The molecule has 0 radical (unpaired) electrons. The number of unbranched alkanes of at least 4 members (excludes halogenated alkanes) is 38. The lowest BCUT2D eigenvalue weighted by Gasteiger charge is -2.18. The second-order valence-electron chi connectivity index (χ2n) is 20.3. The van der Waals surface area contributed by atoms with Gasteiger partial charge in [-0.15, -0.1) is 0 Å². The molecule has 1 atom stereocenters. The SMILES string of the molecule is CCCCC/C=C\C/C=C\CCCCCCCC(=O)OCC(COC(=O)CCCCCCCCC/C=C\CCCCCCCCC)OC(=O)CCCCCCCCCCCCCCCCCCC. The van der Waals surface area contributed by atoms with Crippen LogP contribution in [0, 0.1) is 0 Å². The molecule has 0 amide bonds. The van der Waals surface area contributed by atoms with E-state index in [9.17, 15) is 14.4 Å². The average molecular weight is 956 g/mol. The first-order valence-electron chi connectivity index (χ1n) is 30.0. The summed E-state index contributed by atoms with van der Waals surface area (Å²) in [6.07, 6.45) is 68.5. The van der Waals surface area contributed by atoms with Gasteiger partial charge in [0.05, 0.1) is 0 Å². The number of carbonyl (C=O) groups excluding carboxylic acids is 3. The van der Waals surface area contributed by atoms with Crippen LogP contribution in [0.2, 0.25) is 0 Å². The lowest BCUT2D eigenvalue weighted by molar-refractivity contribution is -0.167. The van der Waals surface area contributed by atoms with Crippen LogP contribution >= 0.6 is 0 Å². The predicted octanol–water partition coefficient (Wildman–Crippen LogP) is 20.0. The third-order valence-electron chi connectivity index (χ3n) is 13.4. The molecule has 0 spiro atoms. The molecule has 0 bridgehead atoms. The van der Waals surface area contributed by atoms with Crippen LogP contribution in [0.5, 0.6) is 0 Å². The van der Waals surface area contributed by atoms with Gasteiger partial charge >= 0.3 is 17.9 Å². The Kier molecular flexibility index (Phi) is 55.2. The van der Waals surface area contributed by atoms with Crippen LogP contribution in [0.4, 0.5) is 0 Å². The van der Waals surface area contributed by atoms with E-state index in [1.807, 2.05) is 0 Å². The van der Waals surface area contributed by atoms with Crippen LogP contribution in [-0.4, -0.2) is 37.2 Å². The van der Waals surface area contributed by atoms with E-state index >= 15 is 0 Å². The Hall–Kier alpha value is -2.37. The lowest BCUT2D eigenvalue weighted by Crippen LogP contribution is -2.30. The van der Waals surface area contributed by atoms with Crippen molar-refractivity contribution in [3.05, 3.63) is 36.5 Å². The Balaban J connectivity index is 4.35. The van der Waals surface area contributed by atoms with Crippen molar-refractivity contribution < 1.29 is 28.6 Å². The molecule has 0 heterocycles. The van der Waals surface area contributed by atoms with Crippen LogP contribution < -0.4 is 0 Å². The number of hydrogen-bond acceptors (Lipinski definition) is 6. The first kappa shape index (κ1) is 65.6. The molecule has 0 aromatic carbocycles. The van der Waals surface area contributed by atoms with Crippen LogP contribution in [0.25, 0.3) is 0 Å². The highest BCUT2D eigenvalue weighted by Gasteiger charge is 2.19. The fourth-order valence-corrected chi connectivity index (χ4v) is 8.82. The second kappa shape index (κ2) is 57.2. The normalized spacial score (nSPS) is 12.2. The minimum atomic E-state index is -0.777. The van der Waals surface area contributed by atoms with Crippen LogP contribution in [-0.2, 0) is 28.6 Å². The Morgan fingerprint density at radius 2 is 0.529 bits per heavy atom. The van der Waals surface area contributed by atoms with Crippen molar-refractivity contribution in [1.82, 2.24) is 0 Å². The van der Waals surface area contributed by atoms with Gasteiger partial charge < -0.3 is 14.2 Å². The number of rotatable bonds is 55. The van der Waals surface area contributed by atoms with Gasteiger partial charge in [0.25, 0.3) is 0 Å². The topological polar surface area (TPSA) is 78.9 Å². The zero-order valence-electron chi connectivity index (χ0n) is 45.6. The quantitative estimate of drug-likeness (QED) is 0.0262. The predicted molar refractivity (Wildman–Crippen MR) is 293 cm³/mol. The Bertz CT molecular complexity index is 1140. The van der Waals surface area contributed by atoms with Crippen molar-refractivity contribution in [3.63, 3.8) is 0 Å². The molecule has 0 rings (SSSR count). The van der Waals surface area contributed by atoms with Crippen LogP contribution in [0.3, 0.4) is 0 Å². The molecular weight excluding hydrogens is 841 g/mol. The van der Waals surface area contributed by atoms with Crippen molar-refractivity contribution in [3.8, 4) is 0 Å². The average Bonchev–Trinajstić information content (AvgIpc) is 3.34. The van der Waals surface area contributed by atoms with E-state index in [1.165, 1.54) is 205 Å². The minimum Gasteiger partial charge on any atom is -0.462 e. The summed E-state index contributed by atoms with van der Waals surface area (Å²) >= 11 is 0. The van der Waals surface area contributed by atoms with Crippen molar-refractivity contribution in [1.29, 1.82) is 0 Å². The summed E-state index contributed by atoms with van der Waals surface area (Å²) in [5.41, 5.74) is 0. The molecule has 0 aliphatic rings. The summed E-state index contributed by atoms with van der Waals surface area (Å²) in [4.78, 5) is 38.2. The first-order valence-corrected chi connectivity index (χ1v) is 30.0. The van der Waals surface area contributed by atoms with E-state index in [-0.39, 0.29) is 31.1 Å².